The van der Waals surface area contributed by atoms with E-state index in [2.05, 4.69) is 34.9 Å². The molecule has 0 aromatic carbocycles. The molecule has 8 nitrogen and oxygen atoms in total. The molecule has 0 atom stereocenters. The summed E-state index contributed by atoms with van der Waals surface area (Å²) in [5.74, 6) is 2.44. The molecule has 0 spiro atoms. The molecule has 150 valence electrons. The number of anilines is 1. The van der Waals surface area contributed by atoms with Crippen molar-refractivity contribution in [1.29, 1.82) is 0 Å². The van der Waals surface area contributed by atoms with Crippen molar-refractivity contribution in [2.24, 2.45) is 0 Å². The standard InChI is InChI=1S/C19H26ClN7O/c20-14-13-22-19(26-10-4-5-11-26)23-17(14)18(28)21-9-6-8-16-25-24-15-7-2-1-3-12-27(15)16/h13H,1-12H2,(H,21,28). The molecule has 0 saturated carbocycles. The van der Waals surface area contributed by atoms with Gasteiger partial charge in [-0.25, -0.2) is 9.97 Å². The summed E-state index contributed by atoms with van der Waals surface area (Å²) in [4.78, 5) is 23.3. The number of carbonyl (C=O) groups is 1. The lowest BCUT2D eigenvalue weighted by molar-refractivity contribution is 0.0948. The Morgan fingerprint density at radius 3 is 2.79 bits per heavy atom. The minimum atomic E-state index is -0.257. The number of carbonyl (C=O) groups excluding carboxylic acids is 1. The third-order valence-electron chi connectivity index (χ3n) is 5.38. The average molecular weight is 404 g/mol. The molecule has 4 heterocycles. The van der Waals surface area contributed by atoms with Gasteiger partial charge < -0.3 is 14.8 Å². The molecule has 0 radical (unpaired) electrons. The van der Waals surface area contributed by atoms with E-state index in [0.29, 0.717) is 12.5 Å². The van der Waals surface area contributed by atoms with E-state index in [1.54, 1.807) is 0 Å². The van der Waals surface area contributed by atoms with Gasteiger partial charge in [0, 0.05) is 39.0 Å². The maximum Gasteiger partial charge on any atom is 0.271 e. The predicted molar refractivity (Wildman–Crippen MR) is 107 cm³/mol. The van der Waals surface area contributed by atoms with Gasteiger partial charge >= 0.3 is 0 Å². The van der Waals surface area contributed by atoms with Crippen molar-refractivity contribution in [2.45, 2.75) is 57.9 Å². The molecule has 1 saturated heterocycles. The fraction of sp³-hybridized carbons (Fsp3) is 0.632. The zero-order chi connectivity index (χ0) is 19.3. The number of hydrogen-bond acceptors (Lipinski definition) is 6. The second-order valence-corrected chi connectivity index (χ2v) is 7.82. The molecule has 1 fully saturated rings. The van der Waals surface area contributed by atoms with Gasteiger partial charge in [0.15, 0.2) is 5.69 Å². The molecule has 0 unspecified atom stereocenters. The van der Waals surface area contributed by atoms with Crippen LogP contribution < -0.4 is 10.2 Å². The van der Waals surface area contributed by atoms with Crippen LogP contribution in [0.3, 0.4) is 0 Å². The second kappa shape index (κ2) is 8.86. The fourth-order valence-electron chi connectivity index (χ4n) is 3.85. The summed E-state index contributed by atoms with van der Waals surface area (Å²) < 4.78 is 2.25. The van der Waals surface area contributed by atoms with Gasteiger partial charge in [0.05, 0.1) is 11.2 Å². The average Bonchev–Trinajstić information content (AvgIpc) is 3.31. The molecular weight excluding hydrogens is 378 g/mol. The Bertz CT molecular complexity index is 832. The molecule has 2 aromatic rings. The number of fused-ring (bicyclic) bond motifs is 1. The number of hydrogen-bond donors (Lipinski definition) is 1. The van der Waals surface area contributed by atoms with Gasteiger partial charge in [0.1, 0.15) is 11.6 Å². The number of aromatic nitrogens is 5. The van der Waals surface area contributed by atoms with Crippen LogP contribution in [0.15, 0.2) is 6.20 Å². The van der Waals surface area contributed by atoms with Crippen LogP contribution in [0.1, 0.15) is 60.7 Å². The zero-order valence-corrected chi connectivity index (χ0v) is 16.8. The van der Waals surface area contributed by atoms with Crippen LogP contribution in [-0.4, -0.2) is 50.3 Å². The van der Waals surface area contributed by atoms with Crippen molar-refractivity contribution in [3.05, 3.63) is 28.6 Å². The Morgan fingerprint density at radius 1 is 1.11 bits per heavy atom. The maximum absolute atomic E-state index is 12.5. The molecule has 28 heavy (non-hydrogen) atoms. The normalized spacial score (nSPS) is 16.7. The number of nitrogens with one attached hydrogen (secondary N) is 1. The SMILES string of the molecule is O=C(NCCCc1nnc2n1CCCCC2)c1nc(N2CCCC2)ncc1Cl. The van der Waals surface area contributed by atoms with E-state index in [1.807, 2.05) is 0 Å². The fourth-order valence-corrected chi connectivity index (χ4v) is 4.03. The molecule has 2 aliphatic rings. The second-order valence-electron chi connectivity index (χ2n) is 7.41. The van der Waals surface area contributed by atoms with Crippen molar-refractivity contribution in [3.8, 4) is 0 Å². The van der Waals surface area contributed by atoms with Gasteiger partial charge in [-0.05, 0) is 32.1 Å². The van der Waals surface area contributed by atoms with Crippen molar-refractivity contribution in [1.82, 2.24) is 30.0 Å². The number of amides is 1. The van der Waals surface area contributed by atoms with Gasteiger partial charge in [0.25, 0.3) is 5.91 Å². The van der Waals surface area contributed by atoms with Gasteiger partial charge in [0.2, 0.25) is 5.95 Å². The first-order chi connectivity index (χ1) is 13.7. The largest absolute Gasteiger partial charge is 0.351 e. The molecule has 4 rings (SSSR count). The highest BCUT2D eigenvalue weighted by Crippen LogP contribution is 2.20. The molecule has 2 aliphatic heterocycles. The smallest absolute Gasteiger partial charge is 0.271 e. The van der Waals surface area contributed by atoms with Gasteiger partial charge in [-0.3, -0.25) is 4.79 Å². The lowest BCUT2D eigenvalue weighted by atomic mass is 10.2. The molecule has 9 heteroatoms. The van der Waals surface area contributed by atoms with Crippen LogP contribution >= 0.6 is 11.6 Å². The van der Waals surface area contributed by atoms with Crippen molar-refractivity contribution in [2.75, 3.05) is 24.5 Å². The van der Waals surface area contributed by atoms with Crippen LogP contribution in [0, 0.1) is 0 Å². The first-order valence-electron chi connectivity index (χ1n) is 10.2. The zero-order valence-electron chi connectivity index (χ0n) is 16.0. The summed E-state index contributed by atoms with van der Waals surface area (Å²) in [6.45, 7) is 3.39. The van der Waals surface area contributed by atoms with Gasteiger partial charge in [-0.1, -0.05) is 18.0 Å². The third-order valence-corrected chi connectivity index (χ3v) is 5.66. The Kier molecular flexibility index (Phi) is 6.04. The lowest BCUT2D eigenvalue weighted by Crippen LogP contribution is -2.28. The van der Waals surface area contributed by atoms with Crippen LogP contribution in [0.2, 0.25) is 5.02 Å². The van der Waals surface area contributed by atoms with Crippen LogP contribution in [0.25, 0.3) is 0 Å². The van der Waals surface area contributed by atoms with E-state index in [9.17, 15) is 4.79 Å². The number of halogens is 1. The monoisotopic (exact) mass is 403 g/mol. The van der Waals surface area contributed by atoms with Crippen LogP contribution in [0.4, 0.5) is 5.95 Å². The maximum atomic E-state index is 12.5. The molecule has 1 N–H and O–H groups in total. The molecule has 0 aliphatic carbocycles. The van der Waals surface area contributed by atoms with Gasteiger partial charge in [-0.15, -0.1) is 10.2 Å². The summed E-state index contributed by atoms with van der Waals surface area (Å²) in [5.41, 5.74) is 0.245. The van der Waals surface area contributed by atoms with Gasteiger partial charge in [-0.2, -0.15) is 0 Å². The highest BCUT2D eigenvalue weighted by Gasteiger charge is 2.20. The Balaban J connectivity index is 1.31. The minimum Gasteiger partial charge on any atom is -0.351 e. The summed E-state index contributed by atoms with van der Waals surface area (Å²) in [6, 6.07) is 0. The Labute approximate surface area is 169 Å². The first-order valence-corrected chi connectivity index (χ1v) is 10.6. The number of nitrogens with zero attached hydrogens (tertiary/aromatic N) is 6. The van der Waals surface area contributed by atoms with E-state index >= 15 is 0 Å². The summed E-state index contributed by atoms with van der Waals surface area (Å²) in [7, 11) is 0. The minimum absolute atomic E-state index is 0.245. The first kappa shape index (κ1) is 19.1. The quantitative estimate of drug-likeness (QED) is 0.745. The van der Waals surface area contributed by atoms with E-state index < -0.39 is 0 Å². The highest BCUT2D eigenvalue weighted by molar-refractivity contribution is 6.33. The van der Waals surface area contributed by atoms with E-state index in [-0.39, 0.29) is 16.6 Å². The van der Waals surface area contributed by atoms with E-state index in [4.69, 9.17) is 11.6 Å². The van der Waals surface area contributed by atoms with Crippen molar-refractivity contribution >= 4 is 23.5 Å². The van der Waals surface area contributed by atoms with Crippen LogP contribution in [0.5, 0.6) is 0 Å². The number of rotatable bonds is 6. The highest BCUT2D eigenvalue weighted by atomic mass is 35.5. The Morgan fingerprint density at radius 2 is 1.93 bits per heavy atom. The lowest BCUT2D eigenvalue weighted by Gasteiger charge is -2.16. The van der Waals surface area contributed by atoms with Crippen molar-refractivity contribution < 1.29 is 4.79 Å². The molecular formula is C19H26ClN7O. The summed E-state index contributed by atoms with van der Waals surface area (Å²) in [6.07, 6.45) is 9.98. The number of aryl methyl sites for hydroxylation is 2. The summed E-state index contributed by atoms with van der Waals surface area (Å²) in [5, 5.41) is 11.9. The molecule has 1 amide bonds. The van der Waals surface area contributed by atoms with Crippen molar-refractivity contribution in [3.63, 3.8) is 0 Å². The molecule has 0 bridgehead atoms. The van der Waals surface area contributed by atoms with E-state index in [0.717, 1.165) is 63.4 Å². The van der Waals surface area contributed by atoms with E-state index in [1.165, 1.54) is 25.5 Å². The predicted octanol–water partition coefficient (Wildman–Crippen LogP) is 2.41. The summed E-state index contributed by atoms with van der Waals surface area (Å²) >= 11 is 6.16. The van der Waals surface area contributed by atoms with Crippen LogP contribution in [-0.2, 0) is 19.4 Å². The Hall–Kier alpha value is -2.22. The third kappa shape index (κ3) is 4.27. The molecule has 2 aromatic heterocycles. The topological polar surface area (TPSA) is 88.8 Å².